The van der Waals surface area contributed by atoms with E-state index in [0.29, 0.717) is 61.9 Å². The van der Waals surface area contributed by atoms with Gasteiger partial charge in [0, 0.05) is 123 Å². The second-order valence-corrected chi connectivity index (χ2v) is 28.7. The van der Waals surface area contributed by atoms with Crippen molar-refractivity contribution in [2.45, 2.75) is 189 Å². The fourth-order valence-electron chi connectivity index (χ4n) is 14.4. The Kier molecular flexibility index (Phi) is 26.9. The zero-order chi connectivity index (χ0) is 74.2. The predicted octanol–water partition coefficient (Wildman–Crippen LogP) is 2.97. The Morgan fingerprint density at radius 3 is 2.11 bits per heavy atom. The molecule has 4 bridgehead atoms. The summed E-state index contributed by atoms with van der Waals surface area (Å²) in [5.74, 6) is -10.1. The van der Waals surface area contributed by atoms with Crippen molar-refractivity contribution in [2.24, 2.45) is 51.2 Å². The highest BCUT2D eigenvalue weighted by Crippen LogP contribution is 2.50. The molecule has 556 valence electrons. The number of aromatic hydroxyl groups is 2. The maximum Gasteiger partial charge on any atom is 0.312 e. The molecule has 1 saturated heterocycles. The van der Waals surface area contributed by atoms with Crippen molar-refractivity contribution in [3.63, 3.8) is 0 Å². The number of quaternary nitrogens is 1. The number of carbonyl (C=O) groups is 9. The van der Waals surface area contributed by atoms with Crippen LogP contribution >= 0.6 is 0 Å². The van der Waals surface area contributed by atoms with E-state index in [9.17, 15) is 58.8 Å². The number of rotatable bonds is 22. The molecule has 102 heavy (non-hydrogen) atoms. The number of aliphatic hydroxyl groups excluding tert-OH is 2. The van der Waals surface area contributed by atoms with Crippen molar-refractivity contribution >= 4 is 75.4 Å². The summed E-state index contributed by atoms with van der Waals surface area (Å²) in [6, 6.07) is 4.55. The number of likely N-dealkylation sites (tertiary alicyclic amines) is 1. The molecule has 3 aromatic carbocycles. The summed E-state index contributed by atoms with van der Waals surface area (Å²) in [6.07, 6.45) is 8.69. The quantitative estimate of drug-likeness (QED) is 0.0227. The summed E-state index contributed by atoms with van der Waals surface area (Å²) in [7, 11) is 1.44. The van der Waals surface area contributed by atoms with Crippen molar-refractivity contribution in [3.05, 3.63) is 100.0 Å². The minimum atomic E-state index is -2.07. The van der Waals surface area contributed by atoms with Gasteiger partial charge in [0.05, 0.1) is 60.5 Å². The topological polar surface area (TPSA) is 386 Å². The molecule has 0 radical (unpaired) electrons. The molecule has 11 N–H and O–H groups in total. The van der Waals surface area contributed by atoms with Crippen LogP contribution in [-0.4, -0.2) is 171 Å². The molecular formula is C74H101ClN10O17. The normalized spacial score (nSPS) is 26.3. The number of unbranched alkanes of at least 4 members (excludes halogenated alkanes) is 2. The number of nitrogens with one attached hydrogen (secondary N) is 5. The number of aliphatic hydroxyl groups is 2. The number of anilines is 2. The van der Waals surface area contributed by atoms with Crippen molar-refractivity contribution in [3.8, 4) is 17.2 Å². The Bertz CT molecular complexity index is 3920. The molecule has 11 atom stereocenters. The number of piperidine rings is 1. The number of fused-ring (bicyclic) bond motifs is 1. The number of benzene rings is 3. The molecule has 0 unspecified atom stereocenters. The zero-order valence-corrected chi connectivity index (χ0v) is 61.3. The van der Waals surface area contributed by atoms with Crippen molar-refractivity contribution in [2.75, 3.05) is 50.5 Å². The fraction of sp³-hybridized carbons (Fsp3) is 0.554. The number of Topliss-reactive ketones (excluding diaryl/α,β-unsaturated/α-hetero) is 1. The third kappa shape index (κ3) is 18.3. The number of ether oxygens (including phenoxy) is 4. The SMILES string of the molecule is CO[C@H]1C=CO[C@@]2(C)Oc3c(C)c(O)c4c(O)c(c5c(c4c3C2=O)=NC2(CC[N+](Cc3ccc(NC(=O)[C@H](CCCNC(N)=O)NC(=O)[C@@H](NC(=O)CCCCCN4C(=O)C=CC4=O)C(C)C)cc3)(CC(C)C)CC2)N=5)NC(=O)C(C)=CC=C[C@H](C)[C@H](O)[C@@H](C)[C@@H](O)[C@@H](C)[C@H](OC(C)=O)[C@@H]1C.[Cl-]. The molecule has 5 aliphatic heterocycles. The minimum absolute atomic E-state index is 0. The number of methoxy groups -OCH3 is 1. The van der Waals surface area contributed by atoms with Gasteiger partial charge in [0.25, 0.3) is 23.5 Å². The second kappa shape index (κ2) is 34.0. The maximum atomic E-state index is 15.2. The number of primary amides is 1. The van der Waals surface area contributed by atoms with E-state index in [1.165, 1.54) is 58.4 Å². The van der Waals surface area contributed by atoms with Gasteiger partial charge in [-0.05, 0) is 63.7 Å². The lowest BCUT2D eigenvalue weighted by Gasteiger charge is -2.46. The van der Waals surface area contributed by atoms with Crippen LogP contribution in [0.1, 0.15) is 149 Å². The van der Waals surface area contributed by atoms with Crippen LogP contribution in [0, 0.1) is 42.4 Å². The molecule has 3 aromatic rings. The third-order valence-electron chi connectivity index (χ3n) is 20.1. The van der Waals surface area contributed by atoms with Crippen LogP contribution < -0.4 is 60.2 Å². The first-order chi connectivity index (χ1) is 47.6. The van der Waals surface area contributed by atoms with E-state index in [2.05, 4.69) is 40.4 Å². The van der Waals surface area contributed by atoms with Crippen LogP contribution in [0.5, 0.6) is 17.2 Å². The van der Waals surface area contributed by atoms with E-state index in [1.807, 2.05) is 12.1 Å². The number of hydrogen-bond acceptors (Lipinski definition) is 19. The first-order valence-electron chi connectivity index (χ1n) is 34.9. The first kappa shape index (κ1) is 80.6. The van der Waals surface area contributed by atoms with Gasteiger partial charge in [0.15, 0.2) is 11.4 Å². The van der Waals surface area contributed by atoms with Gasteiger partial charge in [0.2, 0.25) is 17.7 Å². The summed E-state index contributed by atoms with van der Waals surface area (Å²) in [6.45, 7) is 23.2. The van der Waals surface area contributed by atoms with E-state index < -0.39 is 119 Å². The summed E-state index contributed by atoms with van der Waals surface area (Å²) < 4.78 is 24.9. The molecule has 28 heteroatoms. The summed E-state index contributed by atoms with van der Waals surface area (Å²) in [5.41, 5.74) is 5.58. The van der Waals surface area contributed by atoms with Crippen LogP contribution in [0.3, 0.4) is 0 Å². The van der Waals surface area contributed by atoms with Crippen molar-refractivity contribution in [1.82, 2.24) is 20.9 Å². The molecule has 27 nitrogen and oxygen atoms in total. The van der Waals surface area contributed by atoms with Crippen LogP contribution in [0.2, 0.25) is 0 Å². The maximum absolute atomic E-state index is 15.2. The largest absolute Gasteiger partial charge is 1.00 e. The van der Waals surface area contributed by atoms with Crippen molar-refractivity contribution in [1.29, 1.82) is 0 Å². The number of halogens is 1. The van der Waals surface area contributed by atoms with Crippen molar-refractivity contribution < 1.29 is 99.4 Å². The van der Waals surface area contributed by atoms with E-state index >= 15 is 4.79 Å². The van der Waals surface area contributed by atoms with Gasteiger partial charge < -0.3 is 88.6 Å². The molecule has 1 spiro atoms. The van der Waals surface area contributed by atoms with Crippen LogP contribution in [0.15, 0.2) is 82.5 Å². The van der Waals surface area contributed by atoms with Gasteiger partial charge >= 0.3 is 17.8 Å². The number of carbonyl (C=O) groups excluding carboxylic acids is 9. The zero-order valence-electron chi connectivity index (χ0n) is 60.5. The van der Waals surface area contributed by atoms with Gasteiger partial charge in [-0.1, -0.05) is 92.2 Å². The Hall–Kier alpha value is -8.76. The van der Waals surface area contributed by atoms with E-state index in [1.54, 1.807) is 72.8 Å². The van der Waals surface area contributed by atoms with Crippen LogP contribution in [-0.2, 0) is 54.3 Å². The van der Waals surface area contributed by atoms with Gasteiger partial charge in [0.1, 0.15) is 47.3 Å². The Labute approximate surface area is 600 Å². The highest BCUT2D eigenvalue weighted by molar-refractivity contribution is 6.20. The summed E-state index contributed by atoms with van der Waals surface area (Å²) in [4.78, 5) is 131. The molecule has 0 aliphatic carbocycles. The third-order valence-corrected chi connectivity index (χ3v) is 20.1. The highest BCUT2D eigenvalue weighted by Gasteiger charge is 2.51. The lowest BCUT2D eigenvalue weighted by molar-refractivity contribution is -0.948. The number of urea groups is 1. The Morgan fingerprint density at radius 1 is 0.833 bits per heavy atom. The smallest absolute Gasteiger partial charge is 0.312 e. The van der Waals surface area contributed by atoms with Crippen LogP contribution in [0.25, 0.3) is 10.8 Å². The molecule has 1 fully saturated rings. The number of esters is 1. The molecule has 0 saturated carbocycles. The lowest BCUT2D eigenvalue weighted by atomic mass is 9.78. The first-order valence-corrected chi connectivity index (χ1v) is 34.9. The van der Waals surface area contributed by atoms with E-state index in [4.69, 9.17) is 34.7 Å². The average Bonchev–Trinajstić information content (AvgIpc) is 1.51. The number of imide groups is 1. The highest BCUT2D eigenvalue weighted by atomic mass is 35.5. The molecule has 0 aromatic heterocycles. The summed E-state index contributed by atoms with van der Waals surface area (Å²) in [5, 5.41) is 62.1. The number of nitrogens with two attached hydrogens (primary N) is 1. The van der Waals surface area contributed by atoms with Gasteiger partial charge in [-0.25, -0.2) is 4.79 Å². The number of ketones is 1. The monoisotopic (exact) mass is 1440 g/mol. The van der Waals surface area contributed by atoms with Crippen LogP contribution in [0.4, 0.5) is 16.2 Å². The minimum Gasteiger partial charge on any atom is -1.00 e. The number of amides is 8. The van der Waals surface area contributed by atoms with Gasteiger partial charge in [-0.3, -0.25) is 53.2 Å². The molecule has 5 heterocycles. The number of allylic oxidation sites excluding steroid dienone is 2. The second-order valence-electron chi connectivity index (χ2n) is 28.7. The molecular weight excluding hydrogens is 1340 g/mol. The number of nitrogens with zero attached hydrogens (tertiary/aromatic N) is 4. The number of hydrogen-bond donors (Lipinski definition) is 10. The molecule has 5 aliphatic rings. The van der Waals surface area contributed by atoms with Gasteiger partial charge in [-0.2, -0.15) is 0 Å². The standard InChI is InChI=1S/C74H100N10O17.ClH/c1-39(2)37-84(38-48-23-25-49(26-24-48)77-70(95)50(21-18-32-76-72(75)97)78-71(96)58(40(3)4)79-52(86)22-15-14-16-33-83-53(87)27-28-54(83)88)34-30-74(31-35-84)81-59-55-56-64(91)46(10)67-57(55)68(93)73(12,101-67)99-36-29-51(98-13)43(7)66(100-47(11)85)45(9)63(90)44(8)62(89)41(5)19-17-20-42(6)69(94)80-61(65(56)92)60(59)82-74;/h17,19-20,23-29,36,39-41,43-45,50-51,58,62-63,66,89-90H,14-16,18,21-22,30-35,37-38H2,1-13H3,(H8-,75,76,77,78,79,80,81,82,86,87,88,91,92,93,94,95,96,97);1H/t41-,43+,44+,45+,50-,51-,58-,62-,63+,66+,73-,74?,84?;/m0./s1. The number of phenols is 2. The Balaban J connectivity index is 0.0000146. The summed E-state index contributed by atoms with van der Waals surface area (Å²) >= 11 is 0. The van der Waals surface area contributed by atoms with Gasteiger partial charge in [-0.15, -0.1) is 0 Å². The predicted molar refractivity (Wildman–Crippen MR) is 375 cm³/mol. The molecule has 8 amide bonds. The average molecular weight is 1440 g/mol. The van der Waals surface area contributed by atoms with E-state index in [-0.39, 0.29) is 124 Å². The number of phenolic OH excluding ortho intramolecular Hbond substituents is 2. The Morgan fingerprint density at radius 2 is 1.49 bits per heavy atom. The molecule has 8 rings (SSSR count). The van der Waals surface area contributed by atoms with E-state index in [0.717, 1.165) is 17.0 Å². The lowest BCUT2D eigenvalue weighted by Crippen LogP contribution is -3.00. The fourth-order valence-corrected chi connectivity index (χ4v) is 14.4.